The van der Waals surface area contributed by atoms with Crippen molar-refractivity contribution in [2.75, 3.05) is 6.54 Å². The van der Waals surface area contributed by atoms with Crippen molar-refractivity contribution in [3.05, 3.63) is 81.2 Å². The van der Waals surface area contributed by atoms with Gasteiger partial charge in [-0.2, -0.15) is 0 Å². The Balaban J connectivity index is 1.95. The average Bonchev–Trinajstić information content (AvgIpc) is 2.94. The highest BCUT2D eigenvalue weighted by Gasteiger charge is 2.41. The molecule has 2 aromatic carbocycles. The number of para-hydroxylation sites is 1. The maximum absolute atomic E-state index is 13.1. The molecular weight excluding hydrogens is 326 g/mol. The molecule has 0 N–H and O–H groups in total. The third kappa shape index (κ3) is 2.37. The van der Waals surface area contributed by atoms with Crippen molar-refractivity contribution in [1.29, 1.82) is 0 Å². The maximum Gasteiger partial charge on any atom is 0.290 e. The van der Waals surface area contributed by atoms with E-state index in [0.29, 0.717) is 29.0 Å². The van der Waals surface area contributed by atoms with E-state index in [1.165, 1.54) is 5.56 Å². The highest BCUT2D eigenvalue weighted by Crippen LogP contribution is 2.38. The zero-order chi connectivity index (χ0) is 18.4. The zero-order valence-electron chi connectivity index (χ0n) is 15.2. The van der Waals surface area contributed by atoms with E-state index in [1.54, 1.807) is 23.1 Å². The molecule has 1 atom stereocenters. The lowest BCUT2D eigenvalue weighted by molar-refractivity contribution is 0.0738. The number of amides is 1. The van der Waals surface area contributed by atoms with Gasteiger partial charge in [-0.3, -0.25) is 9.59 Å². The number of hydrogen-bond acceptors (Lipinski definition) is 3. The monoisotopic (exact) mass is 347 g/mol. The topological polar surface area (TPSA) is 50.5 Å². The van der Waals surface area contributed by atoms with Crippen molar-refractivity contribution in [2.24, 2.45) is 0 Å². The molecule has 0 radical (unpaired) electrons. The second kappa shape index (κ2) is 6.13. The second-order valence-corrected chi connectivity index (χ2v) is 6.99. The molecule has 26 heavy (non-hydrogen) atoms. The van der Waals surface area contributed by atoms with Crippen LogP contribution in [0.1, 0.15) is 60.0 Å². The summed E-state index contributed by atoms with van der Waals surface area (Å²) in [5.41, 5.74) is 2.95. The van der Waals surface area contributed by atoms with Crippen molar-refractivity contribution in [3.8, 4) is 0 Å². The first kappa shape index (κ1) is 16.6. The molecule has 1 unspecified atom stereocenters. The summed E-state index contributed by atoms with van der Waals surface area (Å²) in [6.07, 6.45) is 0. The summed E-state index contributed by atoms with van der Waals surface area (Å²) in [6, 6.07) is 14.9. The van der Waals surface area contributed by atoms with Crippen molar-refractivity contribution < 1.29 is 9.21 Å². The summed E-state index contributed by atoms with van der Waals surface area (Å²) in [5, 5.41) is 0.515. The van der Waals surface area contributed by atoms with Gasteiger partial charge in [-0.05, 0) is 36.1 Å². The van der Waals surface area contributed by atoms with E-state index >= 15 is 0 Å². The fraction of sp³-hybridized carbons (Fsp3) is 0.273. The standard InChI is InChI=1S/C22H21NO3/c1-4-23-19(15-11-9-14(10-12-15)13(2)3)18-20(24)16-7-5-6-8-17(16)26-21(18)22(23)25/h5-13,19H,4H2,1-3H3. The summed E-state index contributed by atoms with van der Waals surface area (Å²) < 4.78 is 5.85. The van der Waals surface area contributed by atoms with Crippen LogP contribution in [0.3, 0.4) is 0 Å². The number of fused-ring (bicyclic) bond motifs is 2. The van der Waals surface area contributed by atoms with Gasteiger partial charge in [-0.25, -0.2) is 0 Å². The van der Waals surface area contributed by atoms with Crippen LogP contribution in [-0.4, -0.2) is 17.4 Å². The van der Waals surface area contributed by atoms with E-state index in [-0.39, 0.29) is 17.1 Å². The Morgan fingerprint density at radius 1 is 1.04 bits per heavy atom. The Morgan fingerprint density at radius 2 is 1.73 bits per heavy atom. The van der Waals surface area contributed by atoms with E-state index in [2.05, 4.69) is 26.0 Å². The largest absolute Gasteiger partial charge is 0.450 e. The number of carbonyl (C=O) groups excluding carboxylic acids is 1. The number of rotatable bonds is 3. The van der Waals surface area contributed by atoms with Crippen molar-refractivity contribution in [3.63, 3.8) is 0 Å². The third-order valence-electron chi connectivity index (χ3n) is 5.13. The molecule has 2 heterocycles. The predicted octanol–water partition coefficient (Wildman–Crippen LogP) is 4.48. The van der Waals surface area contributed by atoms with E-state index in [1.807, 2.05) is 25.1 Å². The van der Waals surface area contributed by atoms with Crippen molar-refractivity contribution in [2.45, 2.75) is 32.7 Å². The molecule has 1 aliphatic heterocycles. The summed E-state index contributed by atoms with van der Waals surface area (Å²) in [4.78, 5) is 27.7. The van der Waals surface area contributed by atoms with E-state index in [9.17, 15) is 9.59 Å². The highest BCUT2D eigenvalue weighted by atomic mass is 16.3. The van der Waals surface area contributed by atoms with Gasteiger partial charge in [0, 0.05) is 6.54 Å². The van der Waals surface area contributed by atoms with Gasteiger partial charge in [0.25, 0.3) is 5.91 Å². The lowest BCUT2D eigenvalue weighted by atomic mass is 9.95. The van der Waals surface area contributed by atoms with E-state index in [0.717, 1.165) is 5.56 Å². The highest BCUT2D eigenvalue weighted by molar-refractivity contribution is 5.99. The van der Waals surface area contributed by atoms with Crippen LogP contribution in [0.4, 0.5) is 0 Å². The average molecular weight is 347 g/mol. The molecule has 0 saturated heterocycles. The molecule has 0 saturated carbocycles. The quantitative estimate of drug-likeness (QED) is 0.702. The van der Waals surface area contributed by atoms with Crippen LogP contribution in [0, 0.1) is 0 Å². The normalized spacial score (nSPS) is 16.5. The Bertz CT molecular complexity index is 1050. The lowest BCUT2D eigenvalue weighted by Gasteiger charge is -2.23. The van der Waals surface area contributed by atoms with Gasteiger partial charge in [0.15, 0.2) is 5.43 Å². The minimum Gasteiger partial charge on any atom is -0.450 e. The zero-order valence-corrected chi connectivity index (χ0v) is 15.2. The molecule has 3 aromatic rings. The van der Waals surface area contributed by atoms with E-state index in [4.69, 9.17) is 4.42 Å². The van der Waals surface area contributed by atoms with Crippen LogP contribution in [0.25, 0.3) is 11.0 Å². The fourth-order valence-corrected chi connectivity index (χ4v) is 3.70. The van der Waals surface area contributed by atoms with Gasteiger partial charge in [0.05, 0.1) is 17.0 Å². The predicted molar refractivity (Wildman–Crippen MR) is 102 cm³/mol. The van der Waals surface area contributed by atoms with Crippen molar-refractivity contribution >= 4 is 16.9 Å². The van der Waals surface area contributed by atoms with Crippen LogP contribution >= 0.6 is 0 Å². The summed E-state index contributed by atoms with van der Waals surface area (Å²) in [7, 11) is 0. The van der Waals surface area contributed by atoms with Gasteiger partial charge in [0.1, 0.15) is 5.58 Å². The Morgan fingerprint density at radius 3 is 2.38 bits per heavy atom. The molecule has 0 spiro atoms. The van der Waals surface area contributed by atoms with E-state index < -0.39 is 6.04 Å². The summed E-state index contributed by atoms with van der Waals surface area (Å²) in [6.45, 7) is 6.71. The Labute approximate surface area is 152 Å². The minimum absolute atomic E-state index is 0.121. The number of carbonyl (C=O) groups is 1. The van der Waals surface area contributed by atoms with Crippen LogP contribution in [0.2, 0.25) is 0 Å². The molecule has 1 amide bonds. The first-order valence-corrected chi connectivity index (χ1v) is 8.99. The van der Waals surface area contributed by atoms with Gasteiger partial charge in [-0.15, -0.1) is 0 Å². The smallest absolute Gasteiger partial charge is 0.290 e. The molecule has 4 nitrogen and oxygen atoms in total. The minimum atomic E-state index is -0.399. The lowest BCUT2D eigenvalue weighted by Crippen LogP contribution is -2.29. The fourth-order valence-electron chi connectivity index (χ4n) is 3.70. The summed E-state index contributed by atoms with van der Waals surface area (Å²) in [5.74, 6) is 0.384. The van der Waals surface area contributed by atoms with Crippen LogP contribution in [0.5, 0.6) is 0 Å². The molecule has 1 aliphatic rings. The maximum atomic E-state index is 13.1. The number of benzene rings is 2. The van der Waals surface area contributed by atoms with Gasteiger partial charge in [-0.1, -0.05) is 50.2 Å². The number of hydrogen-bond donors (Lipinski definition) is 0. The van der Waals surface area contributed by atoms with Crippen LogP contribution in [-0.2, 0) is 0 Å². The Kier molecular flexibility index (Phi) is 3.91. The molecule has 0 aliphatic carbocycles. The van der Waals surface area contributed by atoms with Gasteiger partial charge >= 0.3 is 0 Å². The molecule has 0 bridgehead atoms. The Hall–Kier alpha value is -2.88. The number of nitrogens with zero attached hydrogens (tertiary/aromatic N) is 1. The van der Waals surface area contributed by atoms with Gasteiger partial charge < -0.3 is 9.32 Å². The van der Waals surface area contributed by atoms with Gasteiger partial charge in [0.2, 0.25) is 5.76 Å². The molecule has 1 aromatic heterocycles. The molecule has 4 heteroatoms. The first-order valence-electron chi connectivity index (χ1n) is 8.99. The molecule has 0 fully saturated rings. The second-order valence-electron chi connectivity index (χ2n) is 6.99. The van der Waals surface area contributed by atoms with Crippen molar-refractivity contribution in [1.82, 2.24) is 4.90 Å². The molecular formula is C22H21NO3. The van der Waals surface area contributed by atoms with Crippen LogP contribution < -0.4 is 5.43 Å². The SMILES string of the molecule is CCN1C(=O)c2oc3ccccc3c(=O)c2C1c1ccc(C(C)C)cc1. The summed E-state index contributed by atoms with van der Waals surface area (Å²) >= 11 is 0. The third-order valence-corrected chi connectivity index (χ3v) is 5.13. The molecule has 4 rings (SSSR count). The molecule has 132 valence electrons. The van der Waals surface area contributed by atoms with Crippen LogP contribution in [0.15, 0.2) is 57.7 Å². The first-order chi connectivity index (χ1) is 12.5.